The fourth-order valence-corrected chi connectivity index (χ4v) is 7.67. The number of nitrogens with two attached hydrogens (primary N) is 1. The van der Waals surface area contributed by atoms with Crippen molar-refractivity contribution in [1.29, 1.82) is 0 Å². The Kier molecular flexibility index (Phi) is 6.11. The van der Waals surface area contributed by atoms with E-state index in [1.54, 1.807) is 17.4 Å². The quantitative estimate of drug-likeness (QED) is 0.592. The highest BCUT2D eigenvalue weighted by atomic mass is 32.2. The zero-order chi connectivity index (χ0) is 23.2. The van der Waals surface area contributed by atoms with Gasteiger partial charge in [0.15, 0.2) is 0 Å². The summed E-state index contributed by atoms with van der Waals surface area (Å²) in [7, 11) is -3.83. The summed E-state index contributed by atoms with van der Waals surface area (Å²) in [6, 6.07) is 5.53. The van der Waals surface area contributed by atoms with Crippen LogP contribution in [0, 0.1) is 11.7 Å². The maximum Gasteiger partial charge on any atom is 0.246 e. The third-order valence-corrected chi connectivity index (χ3v) is 9.75. The van der Waals surface area contributed by atoms with Crippen molar-refractivity contribution in [2.45, 2.75) is 37.5 Å². The van der Waals surface area contributed by atoms with Gasteiger partial charge in [0.05, 0.1) is 5.39 Å². The van der Waals surface area contributed by atoms with Crippen LogP contribution in [0.4, 0.5) is 10.2 Å². The standard InChI is InChI=1S/C23H28FN5O2S2/c1-15-6-7-16-18(14-15)32-23-21(16)22(25)26-20(27-23)8-9-28-10-12-29(13-11-28)33(30,31)19-5-3-2-4-17(19)24/h2-5,15H,6-14H2,1H3,(H2,25,26,27). The van der Waals surface area contributed by atoms with E-state index in [-0.39, 0.29) is 4.90 Å². The van der Waals surface area contributed by atoms with Gasteiger partial charge in [0.25, 0.3) is 0 Å². The van der Waals surface area contributed by atoms with Crippen molar-refractivity contribution in [2.24, 2.45) is 5.92 Å². The number of aryl methyl sites for hydroxylation is 1. The smallest absolute Gasteiger partial charge is 0.246 e. The van der Waals surface area contributed by atoms with Crippen molar-refractivity contribution in [2.75, 3.05) is 38.5 Å². The molecule has 1 aromatic carbocycles. The average Bonchev–Trinajstić information content (AvgIpc) is 3.16. The van der Waals surface area contributed by atoms with Crippen LogP contribution in [0.5, 0.6) is 0 Å². The summed E-state index contributed by atoms with van der Waals surface area (Å²) in [6.07, 6.45) is 3.96. The Morgan fingerprint density at radius 1 is 1.18 bits per heavy atom. The maximum absolute atomic E-state index is 14.0. The Morgan fingerprint density at radius 2 is 1.94 bits per heavy atom. The van der Waals surface area contributed by atoms with Gasteiger partial charge in [-0.05, 0) is 42.9 Å². The SMILES string of the molecule is CC1CCc2c(sc3nc(CCN4CCN(S(=O)(=O)c5ccccc5F)CC4)nc(N)c23)C1. The molecule has 0 saturated carbocycles. The lowest BCUT2D eigenvalue weighted by molar-refractivity contribution is 0.189. The average molecular weight is 490 g/mol. The van der Waals surface area contributed by atoms with E-state index in [0.29, 0.717) is 44.3 Å². The van der Waals surface area contributed by atoms with E-state index in [0.717, 1.165) is 35.4 Å². The minimum absolute atomic E-state index is 0.260. The normalized spacial score (nSPS) is 20.2. The Balaban J connectivity index is 1.23. The highest BCUT2D eigenvalue weighted by Crippen LogP contribution is 2.39. The summed E-state index contributed by atoms with van der Waals surface area (Å²) in [6.45, 7) is 4.83. The first-order valence-electron chi connectivity index (χ1n) is 11.4. The lowest BCUT2D eigenvalue weighted by atomic mass is 9.89. The zero-order valence-electron chi connectivity index (χ0n) is 18.6. The highest BCUT2D eigenvalue weighted by molar-refractivity contribution is 7.89. The van der Waals surface area contributed by atoms with Gasteiger partial charge in [-0.25, -0.2) is 22.8 Å². The van der Waals surface area contributed by atoms with Crippen molar-refractivity contribution in [3.05, 3.63) is 46.3 Å². The van der Waals surface area contributed by atoms with Crippen molar-refractivity contribution in [1.82, 2.24) is 19.2 Å². The molecule has 0 radical (unpaired) electrons. The molecule has 1 unspecified atom stereocenters. The van der Waals surface area contributed by atoms with Crippen LogP contribution >= 0.6 is 11.3 Å². The van der Waals surface area contributed by atoms with Crippen molar-refractivity contribution in [3.8, 4) is 0 Å². The second kappa shape index (κ2) is 8.90. The molecule has 1 saturated heterocycles. The molecule has 1 atom stereocenters. The second-order valence-electron chi connectivity index (χ2n) is 8.98. The number of hydrogen-bond acceptors (Lipinski definition) is 7. The number of aromatic nitrogens is 2. The number of hydrogen-bond donors (Lipinski definition) is 1. The molecule has 2 aliphatic rings. The first-order valence-corrected chi connectivity index (χ1v) is 13.6. The number of fused-ring (bicyclic) bond motifs is 3. The zero-order valence-corrected chi connectivity index (χ0v) is 20.3. The fourth-order valence-electron chi connectivity index (χ4n) is 4.77. The lowest BCUT2D eigenvalue weighted by Crippen LogP contribution is -2.49. The van der Waals surface area contributed by atoms with E-state index < -0.39 is 15.8 Å². The summed E-state index contributed by atoms with van der Waals surface area (Å²) in [5, 5.41) is 1.04. The summed E-state index contributed by atoms with van der Waals surface area (Å²) < 4.78 is 41.0. The predicted molar refractivity (Wildman–Crippen MR) is 128 cm³/mol. The van der Waals surface area contributed by atoms with Crippen LogP contribution in [0.2, 0.25) is 0 Å². The summed E-state index contributed by atoms with van der Waals surface area (Å²) in [5.74, 6) is 1.28. The molecule has 0 spiro atoms. The predicted octanol–water partition coefficient (Wildman–Crippen LogP) is 3.09. The van der Waals surface area contributed by atoms with Crippen LogP contribution in [0.15, 0.2) is 29.2 Å². The van der Waals surface area contributed by atoms with Crippen molar-refractivity contribution in [3.63, 3.8) is 0 Å². The van der Waals surface area contributed by atoms with Crippen LogP contribution in [0.1, 0.15) is 29.6 Å². The van der Waals surface area contributed by atoms with Crippen LogP contribution in [0.3, 0.4) is 0 Å². The fraction of sp³-hybridized carbons (Fsp3) is 0.478. The Bertz CT molecular complexity index is 1290. The molecule has 3 heterocycles. The van der Waals surface area contributed by atoms with Gasteiger partial charge in [-0.15, -0.1) is 11.3 Å². The molecule has 3 aromatic rings. The minimum atomic E-state index is -3.83. The Labute approximate surface area is 197 Å². The van der Waals surface area contributed by atoms with Crippen LogP contribution in [0.25, 0.3) is 10.2 Å². The molecule has 1 aliphatic carbocycles. The maximum atomic E-state index is 14.0. The van der Waals surface area contributed by atoms with E-state index in [1.807, 2.05) is 0 Å². The first kappa shape index (κ1) is 22.6. The molecule has 176 valence electrons. The van der Waals surface area contributed by atoms with Crippen molar-refractivity contribution >= 4 is 37.4 Å². The number of rotatable bonds is 5. The van der Waals surface area contributed by atoms with Gasteiger partial charge in [-0.3, -0.25) is 0 Å². The number of nitrogens with zero attached hydrogens (tertiary/aromatic N) is 4. The summed E-state index contributed by atoms with van der Waals surface area (Å²) in [4.78, 5) is 13.7. The summed E-state index contributed by atoms with van der Waals surface area (Å²) >= 11 is 1.75. The molecule has 2 aromatic heterocycles. The van der Waals surface area contributed by atoms with E-state index in [9.17, 15) is 12.8 Å². The van der Waals surface area contributed by atoms with Gasteiger partial charge < -0.3 is 10.6 Å². The van der Waals surface area contributed by atoms with Gasteiger partial charge in [-0.1, -0.05) is 19.1 Å². The molecule has 2 N–H and O–H groups in total. The van der Waals surface area contributed by atoms with E-state index in [2.05, 4.69) is 16.8 Å². The minimum Gasteiger partial charge on any atom is -0.383 e. The lowest BCUT2D eigenvalue weighted by Gasteiger charge is -2.33. The van der Waals surface area contributed by atoms with Gasteiger partial charge in [0, 0.05) is 44.0 Å². The molecule has 1 aliphatic heterocycles. The molecule has 33 heavy (non-hydrogen) atoms. The highest BCUT2D eigenvalue weighted by Gasteiger charge is 2.30. The Hall–Kier alpha value is -2.14. The number of anilines is 1. The van der Waals surface area contributed by atoms with Gasteiger partial charge in [0.1, 0.15) is 27.2 Å². The number of halogens is 1. The molecule has 0 amide bonds. The molecular formula is C23H28FN5O2S2. The van der Waals surface area contributed by atoms with E-state index >= 15 is 0 Å². The number of thiophene rings is 1. The summed E-state index contributed by atoms with van der Waals surface area (Å²) in [5.41, 5.74) is 7.68. The van der Waals surface area contributed by atoms with Crippen LogP contribution < -0.4 is 5.73 Å². The largest absolute Gasteiger partial charge is 0.383 e. The monoisotopic (exact) mass is 489 g/mol. The molecule has 10 heteroatoms. The van der Waals surface area contributed by atoms with Gasteiger partial charge in [-0.2, -0.15) is 4.31 Å². The Morgan fingerprint density at radius 3 is 2.70 bits per heavy atom. The van der Waals surface area contributed by atoms with E-state index in [4.69, 9.17) is 10.7 Å². The number of piperazine rings is 1. The topological polar surface area (TPSA) is 92.4 Å². The molecule has 0 bridgehead atoms. The van der Waals surface area contributed by atoms with Crippen molar-refractivity contribution < 1.29 is 12.8 Å². The first-order chi connectivity index (χ1) is 15.8. The molecular weight excluding hydrogens is 461 g/mol. The van der Waals surface area contributed by atoms with Crippen LogP contribution in [-0.2, 0) is 29.3 Å². The third kappa shape index (κ3) is 4.37. The molecule has 7 nitrogen and oxygen atoms in total. The second-order valence-corrected chi connectivity index (χ2v) is 12.0. The van der Waals surface area contributed by atoms with Crippen LogP contribution in [-0.4, -0.2) is 60.3 Å². The number of benzene rings is 1. The molecule has 1 fully saturated rings. The molecule has 5 rings (SSSR count). The number of sulfonamides is 1. The van der Waals surface area contributed by atoms with Gasteiger partial charge in [0.2, 0.25) is 10.0 Å². The van der Waals surface area contributed by atoms with E-state index in [1.165, 1.54) is 39.4 Å². The third-order valence-electron chi connectivity index (χ3n) is 6.67. The van der Waals surface area contributed by atoms with Gasteiger partial charge >= 0.3 is 0 Å². The number of nitrogen functional groups attached to an aromatic ring is 1.